The third kappa shape index (κ3) is 4.40. The molecule has 2 heterocycles. The first-order chi connectivity index (χ1) is 12.4. The van der Waals surface area contributed by atoms with Gasteiger partial charge in [-0.2, -0.15) is 0 Å². The van der Waals surface area contributed by atoms with Crippen LogP contribution in [0.15, 0.2) is 47.1 Å². The minimum Gasteiger partial charge on any atom is -0.479 e. The van der Waals surface area contributed by atoms with Crippen LogP contribution >= 0.6 is 11.6 Å². The Kier molecular flexibility index (Phi) is 5.58. The van der Waals surface area contributed by atoms with E-state index in [4.69, 9.17) is 20.8 Å². The van der Waals surface area contributed by atoms with Crippen molar-refractivity contribution < 1.29 is 22.4 Å². The van der Waals surface area contributed by atoms with Crippen LogP contribution in [0, 0.1) is 0 Å². The van der Waals surface area contributed by atoms with Crippen molar-refractivity contribution >= 4 is 27.3 Å². The van der Waals surface area contributed by atoms with Crippen LogP contribution in [0.3, 0.4) is 0 Å². The molecule has 1 saturated heterocycles. The van der Waals surface area contributed by atoms with Gasteiger partial charge in [0, 0.05) is 6.04 Å². The maximum absolute atomic E-state index is 13.0. The van der Waals surface area contributed by atoms with Gasteiger partial charge in [-0.1, -0.05) is 23.7 Å². The van der Waals surface area contributed by atoms with E-state index in [1.165, 1.54) is 11.2 Å². The number of carbonyl (C=O) groups is 1. The van der Waals surface area contributed by atoms with Crippen molar-refractivity contribution in [2.24, 2.45) is 0 Å². The number of hydrogen-bond acceptors (Lipinski definition) is 5. The van der Waals surface area contributed by atoms with Crippen LogP contribution < -0.4 is 4.74 Å². The predicted octanol–water partition coefficient (Wildman–Crippen LogP) is 2.92. The lowest BCUT2D eigenvalue weighted by molar-refractivity contribution is -0.140. The number of nitrogens with zero attached hydrogens (tertiary/aromatic N) is 1. The molecule has 3 rings (SSSR count). The smallest absolute Gasteiger partial charge is 0.264 e. The molecule has 0 bridgehead atoms. The number of ether oxygens (including phenoxy) is 1. The Morgan fingerprint density at radius 1 is 1.35 bits per heavy atom. The summed E-state index contributed by atoms with van der Waals surface area (Å²) in [6.07, 6.45) is 1.12. The maximum Gasteiger partial charge on any atom is 0.264 e. The second kappa shape index (κ2) is 7.72. The number of sulfone groups is 1. The molecule has 2 aromatic rings. The van der Waals surface area contributed by atoms with Gasteiger partial charge in [0.1, 0.15) is 11.5 Å². The lowest BCUT2D eigenvalue weighted by atomic mass is 10.2. The van der Waals surface area contributed by atoms with Gasteiger partial charge in [-0.25, -0.2) is 8.42 Å². The summed E-state index contributed by atoms with van der Waals surface area (Å²) in [7, 11) is -3.13. The summed E-state index contributed by atoms with van der Waals surface area (Å²) in [5.41, 5.74) is 0. The highest BCUT2D eigenvalue weighted by atomic mass is 35.5. The van der Waals surface area contributed by atoms with Gasteiger partial charge in [0.2, 0.25) is 0 Å². The number of rotatable bonds is 6. The third-order valence-electron chi connectivity index (χ3n) is 4.33. The number of amides is 1. The highest BCUT2D eigenvalue weighted by Crippen LogP contribution is 2.26. The van der Waals surface area contributed by atoms with Crippen molar-refractivity contribution in [3.05, 3.63) is 53.4 Å². The summed E-state index contributed by atoms with van der Waals surface area (Å²) in [5, 5.41) is 0.410. The van der Waals surface area contributed by atoms with Gasteiger partial charge in [-0.15, -0.1) is 0 Å². The van der Waals surface area contributed by atoms with Gasteiger partial charge in [0.05, 0.1) is 29.3 Å². The monoisotopic (exact) mass is 397 g/mol. The minimum absolute atomic E-state index is 0.0434. The molecule has 2 atom stereocenters. The standard InChI is InChI=1S/C18H20ClNO5S/c1-13(25-17-7-3-2-6-16(17)19)18(21)20(11-15-5-4-9-24-15)14-8-10-26(22,23)12-14/h2-7,9,13-14H,8,10-12H2,1H3/t13-,14-/m1/s1. The van der Waals surface area contributed by atoms with Gasteiger partial charge >= 0.3 is 0 Å². The molecule has 1 aliphatic rings. The first kappa shape index (κ1) is 18.8. The van der Waals surface area contributed by atoms with Crippen LogP contribution in [0.5, 0.6) is 5.75 Å². The summed E-state index contributed by atoms with van der Waals surface area (Å²) in [4.78, 5) is 14.5. The van der Waals surface area contributed by atoms with Crippen LogP contribution in [-0.4, -0.2) is 42.9 Å². The number of para-hydroxylation sites is 1. The highest BCUT2D eigenvalue weighted by molar-refractivity contribution is 7.91. The van der Waals surface area contributed by atoms with E-state index >= 15 is 0 Å². The van der Waals surface area contributed by atoms with E-state index in [1.807, 2.05) is 0 Å². The van der Waals surface area contributed by atoms with Crippen molar-refractivity contribution in [1.29, 1.82) is 0 Å². The van der Waals surface area contributed by atoms with Gasteiger partial charge in [-0.05, 0) is 37.6 Å². The van der Waals surface area contributed by atoms with Gasteiger partial charge in [0.25, 0.3) is 5.91 Å². The zero-order valence-electron chi connectivity index (χ0n) is 14.3. The van der Waals surface area contributed by atoms with Crippen LogP contribution in [0.2, 0.25) is 5.02 Å². The molecule has 1 aliphatic heterocycles. The number of benzene rings is 1. The van der Waals surface area contributed by atoms with E-state index in [0.717, 1.165) is 0 Å². The minimum atomic E-state index is -3.13. The second-order valence-electron chi connectivity index (χ2n) is 6.29. The number of carbonyl (C=O) groups excluding carboxylic acids is 1. The molecule has 0 aliphatic carbocycles. The molecule has 6 nitrogen and oxygen atoms in total. The van der Waals surface area contributed by atoms with Gasteiger partial charge in [-0.3, -0.25) is 4.79 Å². The Morgan fingerprint density at radius 2 is 2.12 bits per heavy atom. The summed E-state index contributed by atoms with van der Waals surface area (Å²) in [5.74, 6) is 0.737. The zero-order valence-corrected chi connectivity index (χ0v) is 15.9. The largest absolute Gasteiger partial charge is 0.479 e. The predicted molar refractivity (Wildman–Crippen MR) is 97.9 cm³/mol. The number of hydrogen-bond donors (Lipinski definition) is 0. The van der Waals surface area contributed by atoms with E-state index < -0.39 is 22.0 Å². The molecule has 1 aromatic heterocycles. The average molecular weight is 398 g/mol. The van der Waals surface area contributed by atoms with E-state index in [-0.39, 0.29) is 24.0 Å². The molecule has 0 spiro atoms. The first-order valence-corrected chi connectivity index (χ1v) is 10.5. The highest BCUT2D eigenvalue weighted by Gasteiger charge is 2.37. The molecular weight excluding hydrogens is 378 g/mol. The third-order valence-corrected chi connectivity index (χ3v) is 6.39. The average Bonchev–Trinajstić information content (AvgIpc) is 3.23. The second-order valence-corrected chi connectivity index (χ2v) is 8.93. The molecule has 140 valence electrons. The van der Waals surface area contributed by atoms with Crippen molar-refractivity contribution in [2.45, 2.75) is 32.0 Å². The normalized spacial score (nSPS) is 19.8. The molecule has 26 heavy (non-hydrogen) atoms. The molecular formula is C18H20ClNO5S. The van der Waals surface area contributed by atoms with E-state index in [2.05, 4.69) is 0 Å². The topological polar surface area (TPSA) is 76.8 Å². The SMILES string of the molecule is C[C@@H](Oc1ccccc1Cl)C(=O)N(Cc1ccco1)[C@@H]1CCS(=O)(=O)C1. The summed E-state index contributed by atoms with van der Waals surface area (Å²) >= 11 is 6.09. The lowest BCUT2D eigenvalue weighted by Gasteiger charge is -2.30. The fourth-order valence-corrected chi connectivity index (χ4v) is 4.90. The molecule has 1 aromatic carbocycles. The zero-order chi connectivity index (χ0) is 18.7. The molecule has 1 amide bonds. The van der Waals surface area contributed by atoms with E-state index in [1.54, 1.807) is 43.3 Å². The summed E-state index contributed by atoms with van der Waals surface area (Å²) < 4.78 is 34.8. The van der Waals surface area contributed by atoms with Crippen LogP contribution in [0.1, 0.15) is 19.1 Å². The Morgan fingerprint density at radius 3 is 2.73 bits per heavy atom. The lowest BCUT2D eigenvalue weighted by Crippen LogP contribution is -2.46. The van der Waals surface area contributed by atoms with Crippen LogP contribution in [-0.2, 0) is 21.2 Å². The van der Waals surface area contributed by atoms with Gasteiger partial charge in [0.15, 0.2) is 15.9 Å². The van der Waals surface area contributed by atoms with Crippen molar-refractivity contribution in [3.8, 4) is 5.75 Å². The fourth-order valence-electron chi connectivity index (χ4n) is 2.99. The summed E-state index contributed by atoms with van der Waals surface area (Å²) in [6, 6.07) is 9.99. The first-order valence-electron chi connectivity index (χ1n) is 8.30. The molecule has 1 fully saturated rings. The maximum atomic E-state index is 13.0. The fraction of sp³-hybridized carbons (Fsp3) is 0.389. The van der Waals surface area contributed by atoms with Crippen LogP contribution in [0.25, 0.3) is 0 Å². The van der Waals surface area contributed by atoms with Crippen molar-refractivity contribution in [2.75, 3.05) is 11.5 Å². The Labute approximate surface area is 157 Å². The molecule has 0 unspecified atom stereocenters. The van der Waals surface area contributed by atoms with E-state index in [0.29, 0.717) is 23.0 Å². The van der Waals surface area contributed by atoms with E-state index in [9.17, 15) is 13.2 Å². The van der Waals surface area contributed by atoms with Crippen molar-refractivity contribution in [1.82, 2.24) is 4.90 Å². The molecule has 0 N–H and O–H groups in total. The van der Waals surface area contributed by atoms with Crippen LogP contribution in [0.4, 0.5) is 0 Å². The quantitative estimate of drug-likeness (QED) is 0.749. The van der Waals surface area contributed by atoms with Crippen molar-refractivity contribution in [3.63, 3.8) is 0 Å². The Balaban J connectivity index is 1.78. The number of halogens is 1. The molecule has 0 radical (unpaired) electrons. The Bertz CT molecular complexity index is 865. The Hall–Kier alpha value is -1.99. The number of furan rings is 1. The van der Waals surface area contributed by atoms with Gasteiger partial charge < -0.3 is 14.1 Å². The summed E-state index contributed by atoms with van der Waals surface area (Å²) in [6.45, 7) is 1.83. The molecule has 0 saturated carbocycles. The molecule has 8 heteroatoms.